The van der Waals surface area contributed by atoms with Crippen molar-refractivity contribution < 1.29 is 19.2 Å². The molecule has 0 saturated heterocycles. The van der Waals surface area contributed by atoms with Gasteiger partial charge in [-0.1, -0.05) is 35.2 Å². The first-order valence-corrected chi connectivity index (χ1v) is 7.90. The average molecular weight is 360 g/mol. The Bertz CT molecular complexity index is 449. The molecule has 1 aromatic carbocycles. The molecule has 1 rings (SSSR count). The molecule has 0 spiro atoms. The van der Waals surface area contributed by atoms with E-state index in [1.807, 2.05) is 0 Å². The van der Waals surface area contributed by atoms with Gasteiger partial charge < -0.3 is 9.47 Å². The van der Waals surface area contributed by atoms with Crippen LogP contribution < -0.4 is 4.74 Å². The van der Waals surface area contributed by atoms with Crippen LogP contribution in [0.15, 0.2) is 24.3 Å². The van der Waals surface area contributed by atoms with Crippen LogP contribution in [-0.2, 0) is 4.74 Å². The summed E-state index contributed by atoms with van der Waals surface area (Å²) in [5.41, 5.74) is -0.0563. The number of nitro benzene ring substituents is 1. The second kappa shape index (κ2) is 10.1. The Morgan fingerprint density at radius 2 is 1.71 bits per heavy atom. The molecule has 116 valence electrons. The van der Waals surface area contributed by atoms with Crippen LogP contribution in [0.25, 0.3) is 0 Å². The minimum absolute atomic E-state index is 0.0563. The molecule has 0 saturated carbocycles. The summed E-state index contributed by atoms with van der Waals surface area (Å²) in [5.74, 6) is 0.225. The van der Waals surface area contributed by atoms with Crippen LogP contribution in [0.4, 0.5) is 10.5 Å². The van der Waals surface area contributed by atoms with Crippen molar-refractivity contribution in [1.29, 1.82) is 0 Å². The van der Waals surface area contributed by atoms with Gasteiger partial charge in [0.15, 0.2) is 0 Å². The lowest BCUT2D eigenvalue weighted by Crippen LogP contribution is -2.11. The maximum absolute atomic E-state index is 11.4. The van der Waals surface area contributed by atoms with Gasteiger partial charge >= 0.3 is 6.16 Å². The molecular weight excluding hydrogens is 342 g/mol. The number of unbranched alkanes of at least 4 members (excludes halogenated alkanes) is 4. The van der Waals surface area contributed by atoms with E-state index in [1.165, 1.54) is 30.7 Å². The van der Waals surface area contributed by atoms with Gasteiger partial charge in [-0.25, -0.2) is 4.79 Å². The van der Waals surface area contributed by atoms with E-state index in [0.29, 0.717) is 6.61 Å². The van der Waals surface area contributed by atoms with E-state index in [9.17, 15) is 14.9 Å². The summed E-state index contributed by atoms with van der Waals surface area (Å²) >= 11 is 3.37. The van der Waals surface area contributed by atoms with Crippen molar-refractivity contribution in [2.24, 2.45) is 0 Å². The molecule has 0 heterocycles. The van der Waals surface area contributed by atoms with Crippen LogP contribution >= 0.6 is 15.9 Å². The van der Waals surface area contributed by atoms with Gasteiger partial charge in [0.1, 0.15) is 5.75 Å². The minimum Gasteiger partial charge on any atom is -0.434 e. The van der Waals surface area contributed by atoms with E-state index >= 15 is 0 Å². The Hall–Kier alpha value is -1.63. The predicted octanol–water partition coefficient (Wildman–Crippen LogP) is 4.46. The average Bonchev–Trinajstić information content (AvgIpc) is 2.47. The Morgan fingerprint density at radius 1 is 1.10 bits per heavy atom. The fraction of sp³-hybridized carbons (Fsp3) is 0.500. The number of carbonyl (C=O) groups excluding carboxylic acids is 1. The Morgan fingerprint density at radius 3 is 2.33 bits per heavy atom. The molecule has 6 nitrogen and oxygen atoms in total. The third kappa shape index (κ3) is 7.65. The number of halogens is 1. The van der Waals surface area contributed by atoms with E-state index in [1.54, 1.807) is 0 Å². The number of alkyl halides is 1. The zero-order valence-corrected chi connectivity index (χ0v) is 13.2. The number of nitrogens with zero attached hydrogens (tertiary/aromatic N) is 1. The van der Waals surface area contributed by atoms with Crippen molar-refractivity contribution >= 4 is 27.8 Å². The zero-order chi connectivity index (χ0) is 15.5. The molecule has 0 atom stereocenters. The summed E-state index contributed by atoms with van der Waals surface area (Å²) in [6.07, 6.45) is 4.47. The molecule has 0 aliphatic carbocycles. The van der Waals surface area contributed by atoms with Crippen molar-refractivity contribution in [3.63, 3.8) is 0 Å². The van der Waals surface area contributed by atoms with E-state index in [2.05, 4.69) is 15.9 Å². The number of rotatable bonds is 9. The first-order chi connectivity index (χ1) is 10.1. The molecule has 0 bridgehead atoms. The second-order valence-corrected chi connectivity index (χ2v) is 5.20. The molecule has 0 N–H and O–H groups in total. The molecule has 0 aromatic heterocycles. The molecule has 0 fully saturated rings. The van der Waals surface area contributed by atoms with Crippen molar-refractivity contribution in [2.75, 3.05) is 11.9 Å². The Kier molecular flexibility index (Phi) is 8.42. The third-order valence-electron chi connectivity index (χ3n) is 2.75. The largest absolute Gasteiger partial charge is 0.513 e. The highest BCUT2D eigenvalue weighted by Gasteiger charge is 2.08. The van der Waals surface area contributed by atoms with E-state index in [0.717, 1.165) is 31.0 Å². The van der Waals surface area contributed by atoms with Gasteiger partial charge in [0.05, 0.1) is 11.5 Å². The Balaban J connectivity index is 2.17. The van der Waals surface area contributed by atoms with Gasteiger partial charge in [0, 0.05) is 17.5 Å². The lowest BCUT2D eigenvalue weighted by Gasteiger charge is -2.05. The van der Waals surface area contributed by atoms with Crippen molar-refractivity contribution in [1.82, 2.24) is 0 Å². The van der Waals surface area contributed by atoms with Crippen molar-refractivity contribution in [3.05, 3.63) is 34.4 Å². The minimum atomic E-state index is -0.788. The Labute approximate surface area is 131 Å². The van der Waals surface area contributed by atoms with Crippen molar-refractivity contribution in [3.8, 4) is 5.75 Å². The van der Waals surface area contributed by atoms with Gasteiger partial charge in [0.25, 0.3) is 5.69 Å². The van der Waals surface area contributed by atoms with E-state index in [-0.39, 0.29) is 11.4 Å². The normalized spacial score (nSPS) is 10.1. The quantitative estimate of drug-likeness (QED) is 0.162. The first-order valence-electron chi connectivity index (χ1n) is 6.78. The second-order valence-electron chi connectivity index (χ2n) is 4.41. The fourth-order valence-corrected chi connectivity index (χ4v) is 2.04. The van der Waals surface area contributed by atoms with Gasteiger partial charge in [-0.3, -0.25) is 10.1 Å². The molecule has 1 aromatic rings. The number of benzene rings is 1. The van der Waals surface area contributed by atoms with E-state index in [4.69, 9.17) is 9.47 Å². The van der Waals surface area contributed by atoms with Crippen LogP contribution in [0.5, 0.6) is 5.75 Å². The summed E-state index contributed by atoms with van der Waals surface area (Å²) in [6, 6.07) is 5.26. The molecule has 7 heteroatoms. The number of non-ortho nitro benzene ring substituents is 1. The number of carbonyl (C=O) groups is 1. The molecule has 0 aliphatic heterocycles. The van der Waals surface area contributed by atoms with Crippen LogP contribution in [0, 0.1) is 10.1 Å². The van der Waals surface area contributed by atoms with E-state index < -0.39 is 11.1 Å². The van der Waals surface area contributed by atoms with Gasteiger partial charge in [-0.05, 0) is 25.0 Å². The molecule has 21 heavy (non-hydrogen) atoms. The lowest BCUT2D eigenvalue weighted by molar-refractivity contribution is -0.384. The number of nitro groups is 1. The fourth-order valence-electron chi connectivity index (χ4n) is 1.64. The van der Waals surface area contributed by atoms with Crippen LogP contribution in [0.2, 0.25) is 0 Å². The topological polar surface area (TPSA) is 78.7 Å². The standard InChI is InChI=1S/C14H18BrNO5/c15-10-4-2-1-3-5-11-20-14(17)21-13-8-6-12(7-9-13)16(18)19/h6-9H,1-5,10-11H2. The maximum Gasteiger partial charge on any atom is 0.513 e. The smallest absolute Gasteiger partial charge is 0.434 e. The number of hydrogen-bond acceptors (Lipinski definition) is 5. The molecule has 0 radical (unpaired) electrons. The first kappa shape index (κ1) is 17.4. The summed E-state index contributed by atoms with van der Waals surface area (Å²) < 4.78 is 9.83. The highest BCUT2D eigenvalue weighted by atomic mass is 79.9. The molecule has 0 aliphatic rings. The number of hydrogen-bond donors (Lipinski definition) is 0. The number of ether oxygens (including phenoxy) is 2. The summed E-state index contributed by atoms with van der Waals surface area (Å²) in [6.45, 7) is 0.320. The van der Waals surface area contributed by atoms with Crippen LogP contribution in [0.1, 0.15) is 32.1 Å². The summed E-state index contributed by atoms with van der Waals surface area (Å²) in [4.78, 5) is 21.3. The molecular formula is C14H18BrNO5. The van der Waals surface area contributed by atoms with Gasteiger partial charge in [-0.15, -0.1) is 0 Å². The summed E-state index contributed by atoms with van der Waals surface area (Å²) in [5, 5.41) is 11.5. The van der Waals surface area contributed by atoms with Crippen LogP contribution in [-0.4, -0.2) is 23.0 Å². The SMILES string of the molecule is O=C(OCCCCCCCBr)Oc1ccc([N+](=O)[O-])cc1. The van der Waals surface area contributed by atoms with Crippen LogP contribution in [0.3, 0.4) is 0 Å². The highest BCUT2D eigenvalue weighted by Crippen LogP contribution is 2.17. The maximum atomic E-state index is 11.4. The van der Waals surface area contributed by atoms with Gasteiger partial charge in [-0.2, -0.15) is 0 Å². The molecule has 0 amide bonds. The third-order valence-corrected chi connectivity index (χ3v) is 3.31. The molecule has 0 unspecified atom stereocenters. The lowest BCUT2D eigenvalue weighted by atomic mass is 10.2. The zero-order valence-electron chi connectivity index (χ0n) is 11.6. The highest BCUT2D eigenvalue weighted by molar-refractivity contribution is 9.09. The monoisotopic (exact) mass is 359 g/mol. The summed E-state index contributed by atoms with van der Waals surface area (Å²) in [7, 11) is 0. The van der Waals surface area contributed by atoms with Gasteiger partial charge in [0.2, 0.25) is 0 Å². The van der Waals surface area contributed by atoms with Crippen molar-refractivity contribution in [2.45, 2.75) is 32.1 Å². The predicted molar refractivity (Wildman–Crippen MR) is 82.0 cm³/mol.